The van der Waals surface area contributed by atoms with Crippen LogP contribution in [-0.2, 0) is 21.7 Å². The zero-order valence-electron chi connectivity index (χ0n) is 8.22. The molecule has 0 bridgehead atoms. The molecule has 0 heterocycles. The summed E-state index contributed by atoms with van der Waals surface area (Å²) in [6.07, 6.45) is 2.00. The van der Waals surface area contributed by atoms with Gasteiger partial charge in [-0.3, -0.25) is 0 Å². The van der Waals surface area contributed by atoms with Crippen molar-refractivity contribution in [2.75, 3.05) is 14.2 Å². The molecule has 70 valence electrons. The van der Waals surface area contributed by atoms with E-state index in [2.05, 4.69) is 13.8 Å². The van der Waals surface area contributed by atoms with Gasteiger partial charge in [0.25, 0.3) is 0 Å². The average Bonchev–Trinajstić information content (AvgIpc) is 1.99. The summed E-state index contributed by atoms with van der Waals surface area (Å²) in [5.41, 5.74) is 0. The van der Waals surface area contributed by atoms with Gasteiger partial charge in [-0.05, 0) is 0 Å². The second kappa shape index (κ2) is 142. The number of aliphatic hydroxyl groups is 2. The third kappa shape index (κ3) is 1970. The first kappa shape index (κ1) is 29.9. The Bertz CT molecular complexity index is 14.1. The van der Waals surface area contributed by atoms with E-state index in [9.17, 15) is 0 Å². The number of rotatable bonds is 0. The van der Waals surface area contributed by atoms with Crippen molar-refractivity contribution in [2.24, 2.45) is 0 Å². The first-order chi connectivity index (χ1) is 4.83. The van der Waals surface area contributed by atoms with Gasteiger partial charge in [0, 0.05) is 14.2 Å². The van der Waals surface area contributed by atoms with Gasteiger partial charge in [-0.1, -0.05) is 13.8 Å². The van der Waals surface area contributed by atoms with Gasteiger partial charge in [0.2, 0.25) is 0 Å². The Morgan fingerprint density at radius 1 is 0.818 bits per heavy atom. The molecule has 0 aromatic rings. The van der Waals surface area contributed by atoms with E-state index in [1.165, 1.54) is 0 Å². The van der Waals surface area contributed by atoms with E-state index in [0.29, 0.717) is 0 Å². The number of hydrogen-bond acceptors (Lipinski definition) is 2. The van der Waals surface area contributed by atoms with Crippen LogP contribution in [0.5, 0.6) is 0 Å². The maximum absolute atomic E-state index is 7.00. The molecule has 0 amide bonds. The quantitative estimate of drug-likeness (QED) is 0.459. The molecule has 0 radical (unpaired) electrons. The SMILES string of the molecule is CO.CO.[CH2-]CC.[CH2-]CC.[Ti+2]. The zero-order chi connectivity index (χ0) is 9.41. The van der Waals surface area contributed by atoms with Crippen LogP contribution in [0.2, 0.25) is 0 Å². The molecule has 0 aliphatic carbocycles. The van der Waals surface area contributed by atoms with Crippen molar-refractivity contribution in [3.63, 3.8) is 0 Å². The molecule has 2 nitrogen and oxygen atoms in total. The summed E-state index contributed by atoms with van der Waals surface area (Å²) in [5.74, 6) is 0. The molecular formula is C8H22O2Ti. The largest absolute Gasteiger partial charge is 2.00 e. The Morgan fingerprint density at radius 2 is 0.818 bits per heavy atom. The maximum atomic E-state index is 7.00. The summed E-state index contributed by atoms with van der Waals surface area (Å²) in [4.78, 5) is 0. The minimum Gasteiger partial charge on any atom is -0.400 e. The smallest absolute Gasteiger partial charge is 0.400 e. The summed E-state index contributed by atoms with van der Waals surface area (Å²) in [6.45, 7) is 11.0. The van der Waals surface area contributed by atoms with Crippen molar-refractivity contribution in [1.29, 1.82) is 0 Å². The van der Waals surface area contributed by atoms with Crippen LogP contribution >= 0.6 is 0 Å². The van der Waals surface area contributed by atoms with Crippen molar-refractivity contribution >= 4 is 0 Å². The predicted octanol–water partition coefficient (Wildman–Crippen LogP) is 1.68. The Balaban J connectivity index is -0.0000000144. The molecule has 0 aromatic carbocycles. The molecule has 0 spiro atoms. The third-order valence-corrected chi connectivity index (χ3v) is 0. The van der Waals surface area contributed by atoms with Crippen molar-refractivity contribution in [3.05, 3.63) is 13.8 Å². The standard InChI is InChI=1S/2C3H7.2CH4O.Ti/c2*1-3-2;2*1-2;/h2*1,3H2,2H3;2*2H,1H3;/q2*-1;;;+2. The van der Waals surface area contributed by atoms with E-state index in [1.807, 2.05) is 13.8 Å². The van der Waals surface area contributed by atoms with Crippen LogP contribution in [0.15, 0.2) is 0 Å². The number of aliphatic hydroxyl groups excluding tert-OH is 2. The van der Waals surface area contributed by atoms with Crippen molar-refractivity contribution in [2.45, 2.75) is 26.7 Å². The Hall–Kier alpha value is 0.634. The fourth-order valence-corrected chi connectivity index (χ4v) is 0. The summed E-state index contributed by atoms with van der Waals surface area (Å²) < 4.78 is 0. The van der Waals surface area contributed by atoms with Crippen molar-refractivity contribution in [1.82, 2.24) is 0 Å². The van der Waals surface area contributed by atoms with Gasteiger partial charge in [-0.15, -0.1) is 0 Å². The summed E-state index contributed by atoms with van der Waals surface area (Å²) in [5, 5.41) is 14.0. The van der Waals surface area contributed by atoms with Crippen LogP contribution < -0.4 is 0 Å². The van der Waals surface area contributed by atoms with Crippen LogP contribution in [0.25, 0.3) is 0 Å². The van der Waals surface area contributed by atoms with Gasteiger partial charge in [0.1, 0.15) is 0 Å². The van der Waals surface area contributed by atoms with E-state index < -0.39 is 0 Å². The molecule has 0 rings (SSSR count). The second-order valence-electron chi connectivity index (χ2n) is 1.000. The van der Waals surface area contributed by atoms with Gasteiger partial charge in [-0.2, -0.15) is 12.8 Å². The zero-order valence-corrected chi connectivity index (χ0v) is 9.78. The minimum atomic E-state index is 0. The summed E-state index contributed by atoms with van der Waals surface area (Å²) in [7, 11) is 2.00. The molecule has 0 saturated carbocycles. The molecule has 0 fully saturated rings. The third-order valence-electron chi connectivity index (χ3n) is 0. The first-order valence-corrected chi connectivity index (χ1v) is 3.31. The van der Waals surface area contributed by atoms with Gasteiger partial charge < -0.3 is 24.1 Å². The van der Waals surface area contributed by atoms with Crippen LogP contribution in [0.1, 0.15) is 26.7 Å². The molecule has 0 aliphatic rings. The number of hydrogen-bond donors (Lipinski definition) is 2. The van der Waals surface area contributed by atoms with Gasteiger partial charge in [-0.25, -0.2) is 0 Å². The molecule has 0 unspecified atom stereocenters. The Labute approximate surface area is 86.9 Å². The summed E-state index contributed by atoms with van der Waals surface area (Å²) >= 11 is 0. The van der Waals surface area contributed by atoms with Gasteiger partial charge >= 0.3 is 21.7 Å². The van der Waals surface area contributed by atoms with Gasteiger partial charge in [0.05, 0.1) is 0 Å². The van der Waals surface area contributed by atoms with Gasteiger partial charge in [0.15, 0.2) is 0 Å². The normalized spacial score (nSPS) is 4.36. The van der Waals surface area contributed by atoms with Crippen molar-refractivity contribution < 1.29 is 31.9 Å². The fourth-order valence-electron chi connectivity index (χ4n) is 0. The van der Waals surface area contributed by atoms with E-state index in [4.69, 9.17) is 10.2 Å². The Kier molecular flexibility index (Phi) is 387. The Morgan fingerprint density at radius 3 is 0.818 bits per heavy atom. The predicted molar refractivity (Wildman–Crippen MR) is 47.6 cm³/mol. The minimum absolute atomic E-state index is 0. The fraction of sp³-hybridized carbons (Fsp3) is 0.750. The molecule has 11 heavy (non-hydrogen) atoms. The molecule has 2 N–H and O–H groups in total. The topological polar surface area (TPSA) is 40.5 Å². The van der Waals surface area contributed by atoms with Crippen LogP contribution in [0.4, 0.5) is 0 Å². The molecule has 3 heteroatoms. The van der Waals surface area contributed by atoms with Crippen molar-refractivity contribution in [3.8, 4) is 0 Å². The van der Waals surface area contributed by atoms with E-state index in [0.717, 1.165) is 27.1 Å². The first-order valence-electron chi connectivity index (χ1n) is 3.31. The molecule has 0 saturated heterocycles. The molecule has 0 aromatic heterocycles. The van der Waals surface area contributed by atoms with E-state index >= 15 is 0 Å². The van der Waals surface area contributed by atoms with Crippen LogP contribution in [0, 0.1) is 13.8 Å². The van der Waals surface area contributed by atoms with Crippen LogP contribution in [-0.4, -0.2) is 24.4 Å². The molecule has 0 aliphatic heterocycles. The summed E-state index contributed by atoms with van der Waals surface area (Å²) in [6, 6.07) is 0. The average molecular weight is 198 g/mol. The monoisotopic (exact) mass is 198 g/mol. The maximum Gasteiger partial charge on any atom is 2.00 e. The molecular weight excluding hydrogens is 176 g/mol. The second-order valence-corrected chi connectivity index (χ2v) is 1.000. The van der Waals surface area contributed by atoms with E-state index in [-0.39, 0.29) is 21.7 Å². The van der Waals surface area contributed by atoms with Crippen LogP contribution in [0.3, 0.4) is 0 Å². The molecule has 0 atom stereocenters. The van der Waals surface area contributed by atoms with E-state index in [1.54, 1.807) is 0 Å².